The van der Waals surface area contributed by atoms with Gasteiger partial charge in [-0.2, -0.15) is 0 Å². The lowest BCUT2D eigenvalue weighted by molar-refractivity contribution is 0.733. The van der Waals surface area contributed by atoms with E-state index in [0.717, 1.165) is 29.9 Å². The van der Waals surface area contributed by atoms with Crippen LogP contribution in [0.4, 0.5) is 5.82 Å². The summed E-state index contributed by atoms with van der Waals surface area (Å²) in [5.74, 6) is 4.17. The van der Waals surface area contributed by atoms with Crippen molar-refractivity contribution in [2.24, 2.45) is 0 Å². The molecule has 0 saturated heterocycles. The molecule has 0 radical (unpaired) electrons. The Balaban J connectivity index is 2.50. The van der Waals surface area contributed by atoms with E-state index >= 15 is 0 Å². The van der Waals surface area contributed by atoms with E-state index < -0.39 is 0 Å². The molecule has 2 aromatic rings. The molecule has 4 nitrogen and oxygen atoms in total. The van der Waals surface area contributed by atoms with Crippen molar-refractivity contribution in [3.05, 3.63) is 30.4 Å². The van der Waals surface area contributed by atoms with Gasteiger partial charge in [-0.05, 0) is 18.6 Å². The highest BCUT2D eigenvalue weighted by molar-refractivity contribution is 5.70. The third-order valence-corrected chi connectivity index (χ3v) is 2.74. The highest BCUT2D eigenvalue weighted by Crippen LogP contribution is 2.26. The number of pyridine rings is 1. The van der Waals surface area contributed by atoms with Gasteiger partial charge in [0.2, 0.25) is 0 Å². The lowest BCUT2D eigenvalue weighted by atomic mass is 10.2. The minimum Gasteiger partial charge on any atom is -0.383 e. The standard InChI is InChI=1S/C14H16N4/c1-3-6-12-17-13(11-7-5-8-16-10-11)14(15)18(12)9-4-2/h2,5,7-8,10H,3,6,9,15H2,1H3. The van der Waals surface area contributed by atoms with E-state index in [1.54, 1.807) is 12.4 Å². The zero-order valence-corrected chi connectivity index (χ0v) is 10.4. The van der Waals surface area contributed by atoms with Crippen LogP contribution in [-0.2, 0) is 13.0 Å². The summed E-state index contributed by atoms with van der Waals surface area (Å²) in [6, 6.07) is 3.82. The molecular weight excluding hydrogens is 224 g/mol. The topological polar surface area (TPSA) is 56.7 Å². The highest BCUT2D eigenvalue weighted by Gasteiger charge is 2.14. The Labute approximate surface area is 107 Å². The lowest BCUT2D eigenvalue weighted by Crippen LogP contribution is -2.06. The Morgan fingerprint density at radius 3 is 2.94 bits per heavy atom. The molecule has 0 aliphatic carbocycles. The van der Waals surface area contributed by atoms with E-state index in [1.807, 2.05) is 16.7 Å². The van der Waals surface area contributed by atoms with Crippen LogP contribution in [0.2, 0.25) is 0 Å². The molecular formula is C14H16N4. The first-order valence-corrected chi connectivity index (χ1v) is 5.96. The van der Waals surface area contributed by atoms with Crippen LogP contribution in [0.1, 0.15) is 19.2 Å². The molecule has 0 saturated carbocycles. The fraction of sp³-hybridized carbons (Fsp3) is 0.286. The molecule has 0 amide bonds. The van der Waals surface area contributed by atoms with Gasteiger partial charge < -0.3 is 10.3 Å². The first-order valence-electron chi connectivity index (χ1n) is 5.96. The van der Waals surface area contributed by atoms with Gasteiger partial charge in [0.1, 0.15) is 17.3 Å². The first-order chi connectivity index (χ1) is 8.77. The number of aryl methyl sites for hydroxylation is 1. The van der Waals surface area contributed by atoms with E-state index in [9.17, 15) is 0 Å². The average Bonchev–Trinajstić information content (AvgIpc) is 2.70. The second-order valence-corrected chi connectivity index (χ2v) is 4.04. The van der Waals surface area contributed by atoms with Crippen LogP contribution in [-0.4, -0.2) is 14.5 Å². The highest BCUT2D eigenvalue weighted by atomic mass is 15.1. The van der Waals surface area contributed by atoms with Gasteiger partial charge in [-0.1, -0.05) is 12.8 Å². The van der Waals surface area contributed by atoms with Crippen molar-refractivity contribution in [1.29, 1.82) is 0 Å². The van der Waals surface area contributed by atoms with Crippen molar-refractivity contribution in [3.8, 4) is 23.6 Å². The summed E-state index contributed by atoms with van der Waals surface area (Å²) in [5, 5.41) is 0. The molecule has 92 valence electrons. The van der Waals surface area contributed by atoms with Crippen LogP contribution in [0.3, 0.4) is 0 Å². The predicted octanol–water partition coefficient (Wildman–Crippen LogP) is 2.11. The summed E-state index contributed by atoms with van der Waals surface area (Å²) in [6.07, 6.45) is 10.7. The Bertz CT molecular complexity index is 563. The van der Waals surface area contributed by atoms with E-state index in [1.165, 1.54) is 0 Å². The summed E-state index contributed by atoms with van der Waals surface area (Å²) in [7, 11) is 0. The Kier molecular flexibility index (Phi) is 3.63. The van der Waals surface area contributed by atoms with Crippen molar-refractivity contribution in [3.63, 3.8) is 0 Å². The molecule has 0 spiro atoms. The normalized spacial score (nSPS) is 10.2. The summed E-state index contributed by atoms with van der Waals surface area (Å²) in [5.41, 5.74) is 7.81. The van der Waals surface area contributed by atoms with Gasteiger partial charge >= 0.3 is 0 Å². The number of hydrogen-bond donors (Lipinski definition) is 1. The van der Waals surface area contributed by atoms with E-state index in [-0.39, 0.29) is 0 Å². The maximum atomic E-state index is 6.13. The number of hydrogen-bond acceptors (Lipinski definition) is 3. The van der Waals surface area contributed by atoms with Crippen molar-refractivity contribution >= 4 is 5.82 Å². The molecule has 2 rings (SSSR count). The second-order valence-electron chi connectivity index (χ2n) is 4.04. The van der Waals surface area contributed by atoms with Crippen LogP contribution in [0.5, 0.6) is 0 Å². The molecule has 4 heteroatoms. The van der Waals surface area contributed by atoms with E-state index in [2.05, 4.69) is 22.8 Å². The fourth-order valence-corrected chi connectivity index (χ4v) is 1.91. The summed E-state index contributed by atoms with van der Waals surface area (Å²) in [4.78, 5) is 8.68. The predicted molar refractivity (Wildman–Crippen MR) is 72.7 cm³/mol. The van der Waals surface area contributed by atoms with Crippen molar-refractivity contribution < 1.29 is 0 Å². The van der Waals surface area contributed by atoms with Gasteiger partial charge in [0.05, 0.1) is 6.54 Å². The molecule has 2 aromatic heterocycles. The number of anilines is 1. The molecule has 2 heterocycles. The van der Waals surface area contributed by atoms with Gasteiger partial charge in [-0.15, -0.1) is 6.42 Å². The van der Waals surface area contributed by atoms with Crippen LogP contribution < -0.4 is 5.73 Å². The number of nitrogen functional groups attached to an aromatic ring is 1. The molecule has 0 fully saturated rings. The number of rotatable bonds is 4. The Morgan fingerprint density at radius 2 is 2.33 bits per heavy atom. The number of aromatic nitrogens is 3. The molecule has 0 aliphatic rings. The SMILES string of the molecule is C#CCn1c(CCC)nc(-c2cccnc2)c1N. The largest absolute Gasteiger partial charge is 0.383 e. The first kappa shape index (κ1) is 12.2. The molecule has 0 aromatic carbocycles. The third kappa shape index (κ3) is 2.21. The van der Waals surface area contributed by atoms with E-state index in [0.29, 0.717) is 12.4 Å². The maximum absolute atomic E-state index is 6.13. The van der Waals surface area contributed by atoms with Gasteiger partial charge in [-0.25, -0.2) is 4.98 Å². The number of imidazole rings is 1. The zero-order chi connectivity index (χ0) is 13.0. The van der Waals surface area contributed by atoms with Crippen LogP contribution >= 0.6 is 0 Å². The van der Waals surface area contributed by atoms with Crippen molar-refractivity contribution in [2.45, 2.75) is 26.3 Å². The summed E-state index contributed by atoms with van der Waals surface area (Å²) < 4.78 is 1.89. The number of terminal acetylenes is 1. The van der Waals surface area contributed by atoms with Gasteiger partial charge in [0.25, 0.3) is 0 Å². The molecule has 0 bridgehead atoms. The van der Waals surface area contributed by atoms with Crippen LogP contribution in [0.25, 0.3) is 11.3 Å². The molecule has 0 unspecified atom stereocenters. The summed E-state index contributed by atoms with van der Waals surface area (Å²) >= 11 is 0. The molecule has 0 aliphatic heterocycles. The van der Waals surface area contributed by atoms with Gasteiger partial charge in [-0.3, -0.25) is 4.98 Å². The molecule has 18 heavy (non-hydrogen) atoms. The quantitative estimate of drug-likeness (QED) is 0.833. The van der Waals surface area contributed by atoms with Crippen molar-refractivity contribution in [1.82, 2.24) is 14.5 Å². The Hall–Kier alpha value is -2.28. The van der Waals surface area contributed by atoms with Crippen LogP contribution in [0.15, 0.2) is 24.5 Å². The van der Waals surface area contributed by atoms with Crippen LogP contribution in [0, 0.1) is 12.3 Å². The number of nitrogens with two attached hydrogens (primary N) is 1. The third-order valence-electron chi connectivity index (χ3n) is 2.74. The van der Waals surface area contributed by atoms with Gasteiger partial charge in [0, 0.05) is 24.4 Å². The zero-order valence-electron chi connectivity index (χ0n) is 10.4. The fourth-order valence-electron chi connectivity index (χ4n) is 1.91. The molecule has 0 atom stereocenters. The minimum atomic E-state index is 0.453. The smallest absolute Gasteiger partial charge is 0.132 e. The second kappa shape index (κ2) is 5.37. The lowest BCUT2D eigenvalue weighted by Gasteiger charge is -2.04. The van der Waals surface area contributed by atoms with Gasteiger partial charge in [0.15, 0.2) is 0 Å². The summed E-state index contributed by atoms with van der Waals surface area (Å²) in [6.45, 7) is 2.56. The maximum Gasteiger partial charge on any atom is 0.132 e. The number of nitrogens with zero attached hydrogens (tertiary/aromatic N) is 3. The Morgan fingerprint density at radius 1 is 1.50 bits per heavy atom. The average molecular weight is 240 g/mol. The van der Waals surface area contributed by atoms with E-state index in [4.69, 9.17) is 12.2 Å². The minimum absolute atomic E-state index is 0.453. The monoisotopic (exact) mass is 240 g/mol. The molecule has 2 N–H and O–H groups in total. The van der Waals surface area contributed by atoms with Crippen molar-refractivity contribution in [2.75, 3.05) is 5.73 Å².